The van der Waals surface area contributed by atoms with Crippen molar-refractivity contribution >= 4 is 11.7 Å². The molecule has 2 N–H and O–H groups in total. The minimum Gasteiger partial charge on any atom is -0.497 e. The second kappa shape index (κ2) is 11.2. The van der Waals surface area contributed by atoms with Crippen LogP contribution in [-0.2, 0) is 0 Å². The Morgan fingerprint density at radius 1 is 0.933 bits per heavy atom. The summed E-state index contributed by atoms with van der Waals surface area (Å²) in [6, 6.07) is 15.7. The van der Waals surface area contributed by atoms with Gasteiger partial charge in [-0.05, 0) is 67.8 Å². The SMILES string of the molecule is COc1ccc(OCCCNC(=O)NC2CCN(c3ccc(OC)cc3)CC2)cc1. The van der Waals surface area contributed by atoms with E-state index in [0.717, 1.165) is 49.6 Å². The Hall–Kier alpha value is -3.09. The Labute approximate surface area is 178 Å². The molecule has 1 aliphatic rings. The van der Waals surface area contributed by atoms with E-state index in [2.05, 4.69) is 27.7 Å². The highest BCUT2D eigenvalue weighted by molar-refractivity contribution is 5.74. The molecule has 3 rings (SSSR count). The monoisotopic (exact) mass is 413 g/mol. The summed E-state index contributed by atoms with van der Waals surface area (Å²) < 4.78 is 16.0. The van der Waals surface area contributed by atoms with Crippen LogP contribution in [0.25, 0.3) is 0 Å². The molecule has 1 saturated heterocycles. The first kappa shape index (κ1) is 21.6. The van der Waals surface area contributed by atoms with Crippen LogP contribution < -0.4 is 29.7 Å². The molecule has 0 aromatic heterocycles. The van der Waals surface area contributed by atoms with Crippen LogP contribution in [0, 0.1) is 0 Å². The van der Waals surface area contributed by atoms with Gasteiger partial charge in [0.15, 0.2) is 0 Å². The highest BCUT2D eigenvalue weighted by Gasteiger charge is 2.20. The number of methoxy groups -OCH3 is 2. The number of hydrogen-bond acceptors (Lipinski definition) is 5. The lowest BCUT2D eigenvalue weighted by Crippen LogP contribution is -2.48. The van der Waals surface area contributed by atoms with Crippen molar-refractivity contribution in [2.24, 2.45) is 0 Å². The molecule has 162 valence electrons. The minimum atomic E-state index is -0.109. The summed E-state index contributed by atoms with van der Waals surface area (Å²) in [7, 11) is 3.31. The molecule has 1 fully saturated rings. The maximum Gasteiger partial charge on any atom is 0.315 e. The smallest absolute Gasteiger partial charge is 0.315 e. The number of anilines is 1. The number of carbonyl (C=O) groups excluding carboxylic acids is 1. The van der Waals surface area contributed by atoms with E-state index < -0.39 is 0 Å². The molecule has 0 atom stereocenters. The highest BCUT2D eigenvalue weighted by Crippen LogP contribution is 2.22. The number of rotatable bonds is 9. The van der Waals surface area contributed by atoms with Crippen molar-refractivity contribution in [3.8, 4) is 17.2 Å². The van der Waals surface area contributed by atoms with Crippen molar-refractivity contribution in [3.05, 3.63) is 48.5 Å². The topological polar surface area (TPSA) is 72.1 Å². The number of carbonyl (C=O) groups is 1. The lowest BCUT2D eigenvalue weighted by molar-refractivity contribution is 0.232. The Balaban J connectivity index is 1.28. The van der Waals surface area contributed by atoms with Crippen molar-refractivity contribution in [1.29, 1.82) is 0 Å². The maximum absolute atomic E-state index is 12.1. The van der Waals surface area contributed by atoms with E-state index in [1.165, 1.54) is 5.69 Å². The third-order valence-electron chi connectivity index (χ3n) is 5.20. The summed E-state index contributed by atoms with van der Waals surface area (Å²) in [5.41, 5.74) is 1.19. The average molecular weight is 414 g/mol. The second-order valence-electron chi connectivity index (χ2n) is 7.24. The third-order valence-corrected chi connectivity index (χ3v) is 5.20. The first-order chi connectivity index (χ1) is 14.7. The van der Waals surface area contributed by atoms with Gasteiger partial charge in [0.1, 0.15) is 17.2 Å². The van der Waals surface area contributed by atoms with Crippen LogP contribution in [0.4, 0.5) is 10.5 Å². The summed E-state index contributed by atoms with van der Waals surface area (Å²) in [4.78, 5) is 14.5. The summed E-state index contributed by atoms with van der Waals surface area (Å²) in [5, 5.41) is 5.99. The fourth-order valence-corrected chi connectivity index (χ4v) is 3.45. The van der Waals surface area contributed by atoms with Crippen LogP contribution in [0.5, 0.6) is 17.2 Å². The van der Waals surface area contributed by atoms with Gasteiger partial charge in [0.25, 0.3) is 0 Å². The lowest BCUT2D eigenvalue weighted by atomic mass is 10.0. The number of nitrogens with zero attached hydrogens (tertiary/aromatic N) is 1. The molecule has 0 spiro atoms. The van der Waals surface area contributed by atoms with Crippen molar-refractivity contribution in [1.82, 2.24) is 10.6 Å². The standard InChI is InChI=1S/C23H31N3O4/c1-28-20-6-4-19(5-7-20)26-15-12-18(13-16-26)25-23(27)24-14-3-17-30-22-10-8-21(29-2)9-11-22/h4-11,18H,3,12-17H2,1-2H3,(H2,24,25,27). The van der Waals surface area contributed by atoms with Gasteiger partial charge in [-0.3, -0.25) is 0 Å². The predicted octanol–water partition coefficient (Wildman–Crippen LogP) is 3.44. The number of ether oxygens (including phenoxy) is 3. The Kier molecular flexibility index (Phi) is 8.06. The molecular weight excluding hydrogens is 382 g/mol. The van der Waals surface area contributed by atoms with Crippen LogP contribution in [0.3, 0.4) is 0 Å². The predicted molar refractivity (Wildman–Crippen MR) is 118 cm³/mol. The summed E-state index contributed by atoms with van der Waals surface area (Å²) in [6.45, 7) is 2.97. The van der Waals surface area contributed by atoms with Crippen molar-refractivity contribution < 1.29 is 19.0 Å². The fraction of sp³-hybridized carbons (Fsp3) is 0.435. The molecule has 30 heavy (non-hydrogen) atoms. The number of amides is 2. The molecule has 2 aromatic carbocycles. The molecular formula is C23H31N3O4. The largest absolute Gasteiger partial charge is 0.497 e. The van der Waals surface area contributed by atoms with E-state index >= 15 is 0 Å². The van der Waals surface area contributed by atoms with Gasteiger partial charge in [0.05, 0.1) is 20.8 Å². The van der Waals surface area contributed by atoms with Crippen LogP contribution in [0.15, 0.2) is 48.5 Å². The molecule has 0 radical (unpaired) electrons. The molecule has 0 saturated carbocycles. The zero-order chi connectivity index (χ0) is 21.2. The Morgan fingerprint density at radius 2 is 1.50 bits per heavy atom. The summed E-state index contributed by atoms with van der Waals surface area (Å²) in [6.07, 6.45) is 2.61. The molecule has 1 aliphatic heterocycles. The number of piperidine rings is 1. The van der Waals surface area contributed by atoms with Gasteiger partial charge in [-0.15, -0.1) is 0 Å². The van der Waals surface area contributed by atoms with E-state index in [1.54, 1.807) is 14.2 Å². The summed E-state index contributed by atoms with van der Waals surface area (Å²) in [5.74, 6) is 2.46. The third kappa shape index (κ3) is 6.47. The maximum atomic E-state index is 12.1. The van der Waals surface area contributed by atoms with Gasteiger partial charge in [-0.1, -0.05) is 0 Å². The Morgan fingerprint density at radius 3 is 2.10 bits per heavy atom. The van der Waals surface area contributed by atoms with Crippen LogP contribution in [-0.4, -0.2) is 52.5 Å². The number of benzene rings is 2. The highest BCUT2D eigenvalue weighted by atomic mass is 16.5. The van der Waals surface area contributed by atoms with Crippen molar-refractivity contribution in [2.75, 3.05) is 45.4 Å². The van der Waals surface area contributed by atoms with Crippen molar-refractivity contribution in [2.45, 2.75) is 25.3 Å². The molecule has 1 heterocycles. The number of nitrogens with one attached hydrogen (secondary N) is 2. The van der Waals surface area contributed by atoms with E-state index in [4.69, 9.17) is 14.2 Å². The van der Waals surface area contributed by atoms with Gasteiger partial charge in [0, 0.05) is 31.4 Å². The summed E-state index contributed by atoms with van der Waals surface area (Å²) >= 11 is 0. The zero-order valence-electron chi connectivity index (χ0n) is 17.7. The van der Waals surface area contributed by atoms with E-state index in [9.17, 15) is 4.79 Å². The van der Waals surface area contributed by atoms with Crippen LogP contribution in [0.2, 0.25) is 0 Å². The molecule has 7 heteroatoms. The zero-order valence-corrected chi connectivity index (χ0v) is 17.7. The Bertz CT molecular complexity index is 772. The minimum absolute atomic E-state index is 0.109. The van der Waals surface area contributed by atoms with Gasteiger partial charge in [-0.2, -0.15) is 0 Å². The second-order valence-corrected chi connectivity index (χ2v) is 7.24. The van der Waals surface area contributed by atoms with Gasteiger partial charge in [-0.25, -0.2) is 4.79 Å². The quantitative estimate of drug-likeness (QED) is 0.616. The average Bonchev–Trinajstić information content (AvgIpc) is 2.80. The molecule has 7 nitrogen and oxygen atoms in total. The first-order valence-corrected chi connectivity index (χ1v) is 10.4. The fourth-order valence-electron chi connectivity index (χ4n) is 3.45. The van der Waals surface area contributed by atoms with Crippen LogP contribution in [0.1, 0.15) is 19.3 Å². The van der Waals surface area contributed by atoms with Crippen LogP contribution >= 0.6 is 0 Å². The lowest BCUT2D eigenvalue weighted by Gasteiger charge is -2.34. The van der Waals surface area contributed by atoms with E-state index in [-0.39, 0.29) is 12.1 Å². The van der Waals surface area contributed by atoms with Crippen molar-refractivity contribution in [3.63, 3.8) is 0 Å². The number of hydrogen-bond donors (Lipinski definition) is 2. The van der Waals surface area contributed by atoms with Gasteiger partial charge in [0.2, 0.25) is 0 Å². The first-order valence-electron chi connectivity index (χ1n) is 10.4. The van der Waals surface area contributed by atoms with Gasteiger partial charge < -0.3 is 29.7 Å². The molecule has 2 amide bonds. The van der Waals surface area contributed by atoms with E-state index in [1.807, 2.05) is 36.4 Å². The van der Waals surface area contributed by atoms with E-state index in [0.29, 0.717) is 13.2 Å². The normalized spacial score (nSPS) is 14.1. The molecule has 0 bridgehead atoms. The van der Waals surface area contributed by atoms with Gasteiger partial charge >= 0.3 is 6.03 Å². The number of urea groups is 1. The molecule has 0 aliphatic carbocycles. The molecule has 2 aromatic rings. The molecule has 0 unspecified atom stereocenters.